The average molecular weight is 583 g/mol. The molecular weight excluding hydrogens is 560 g/mol. The number of aliphatic carboxylic acids is 1. The largest absolute Gasteiger partial charge is 0.497 e. The van der Waals surface area contributed by atoms with Gasteiger partial charge in [0.05, 0.1) is 36.4 Å². The first-order valence-corrected chi connectivity index (χ1v) is 13.1. The zero-order valence-electron chi connectivity index (χ0n) is 21.7. The van der Waals surface area contributed by atoms with E-state index in [-0.39, 0.29) is 34.1 Å². The summed E-state index contributed by atoms with van der Waals surface area (Å²) >= 11 is 0.407. The molecule has 1 saturated heterocycles. The summed E-state index contributed by atoms with van der Waals surface area (Å²) in [6, 6.07) is 14.9. The van der Waals surface area contributed by atoms with Gasteiger partial charge < -0.3 is 15.2 Å². The van der Waals surface area contributed by atoms with Gasteiger partial charge in [-0.05, 0) is 60.5 Å². The summed E-state index contributed by atoms with van der Waals surface area (Å²) in [6.45, 7) is 1.33. The lowest BCUT2D eigenvalue weighted by Crippen LogP contribution is -2.52. The number of amidine groups is 1. The number of pyridine rings is 1. The first-order chi connectivity index (χ1) is 19.5. The number of halogens is 4. The van der Waals surface area contributed by atoms with Crippen LogP contribution in [0.4, 0.5) is 17.6 Å². The maximum absolute atomic E-state index is 15.4. The van der Waals surface area contributed by atoms with Crippen LogP contribution < -0.4 is 10.1 Å². The van der Waals surface area contributed by atoms with Crippen molar-refractivity contribution in [1.82, 2.24) is 10.3 Å². The monoisotopic (exact) mass is 582 g/mol. The number of hydrogen-bond donors (Lipinski definition) is 2. The number of aromatic nitrogens is 1. The molecule has 2 aromatic carbocycles. The van der Waals surface area contributed by atoms with Crippen LogP contribution in [0.2, 0.25) is 0 Å². The molecule has 3 aromatic rings. The van der Waals surface area contributed by atoms with Crippen LogP contribution in [0.1, 0.15) is 34.9 Å². The van der Waals surface area contributed by atoms with E-state index < -0.39 is 39.7 Å². The number of benzene rings is 2. The van der Waals surface area contributed by atoms with Crippen molar-refractivity contribution in [3.05, 3.63) is 94.6 Å². The summed E-state index contributed by atoms with van der Waals surface area (Å²) < 4.78 is 63.6. The van der Waals surface area contributed by atoms with Crippen LogP contribution in [0, 0.1) is 23.1 Å². The van der Waals surface area contributed by atoms with Gasteiger partial charge in [-0.3, -0.25) is 14.8 Å². The maximum atomic E-state index is 15.4. The van der Waals surface area contributed by atoms with E-state index >= 15 is 13.2 Å². The molecule has 5 rings (SSSR count). The highest BCUT2D eigenvalue weighted by Gasteiger charge is 2.92. The van der Waals surface area contributed by atoms with Crippen LogP contribution in [-0.2, 0) is 16.9 Å². The van der Waals surface area contributed by atoms with Crippen LogP contribution >= 0.6 is 11.8 Å². The molecule has 210 valence electrons. The summed E-state index contributed by atoms with van der Waals surface area (Å²) in [7, 11) is 1.51. The Labute approximate surface area is 236 Å². The van der Waals surface area contributed by atoms with Crippen molar-refractivity contribution in [2.45, 2.75) is 29.7 Å². The number of ether oxygens (including phenoxy) is 1. The van der Waals surface area contributed by atoms with Crippen LogP contribution in [0.15, 0.2) is 65.8 Å². The van der Waals surface area contributed by atoms with Gasteiger partial charge in [-0.1, -0.05) is 30.0 Å². The summed E-state index contributed by atoms with van der Waals surface area (Å²) in [5, 5.41) is 21.6. The predicted molar refractivity (Wildman–Crippen MR) is 145 cm³/mol. The van der Waals surface area contributed by atoms with Gasteiger partial charge in [-0.2, -0.15) is 5.26 Å². The molecule has 12 heteroatoms. The zero-order valence-corrected chi connectivity index (χ0v) is 22.5. The van der Waals surface area contributed by atoms with Crippen molar-refractivity contribution in [3.8, 4) is 11.8 Å². The number of aliphatic imine (C=N–C) groups is 1. The number of nitriles is 1. The maximum Gasteiger partial charge on any atom is 0.327 e. The number of hydrogen-bond acceptors (Lipinski definition) is 6. The van der Waals surface area contributed by atoms with E-state index in [1.54, 1.807) is 24.3 Å². The minimum atomic E-state index is -3.71. The lowest BCUT2D eigenvalue weighted by Gasteiger charge is -2.37. The predicted octanol–water partition coefficient (Wildman–Crippen LogP) is 5.76. The molecule has 1 saturated carbocycles. The molecule has 1 aliphatic heterocycles. The van der Waals surface area contributed by atoms with Crippen LogP contribution in [0.25, 0.3) is 11.9 Å². The Balaban J connectivity index is 1.53. The number of nitrogens with zero attached hydrogens (tertiary/aromatic N) is 3. The number of fused-ring (bicyclic) bond motifs is 1. The highest BCUT2D eigenvalue weighted by molar-refractivity contribution is 8.16. The van der Waals surface area contributed by atoms with Crippen molar-refractivity contribution in [2.24, 2.45) is 10.9 Å². The van der Waals surface area contributed by atoms with E-state index in [0.29, 0.717) is 23.1 Å². The number of nitrogens with one attached hydrogen (secondary N) is 1. The SMILES string of the molecule is COc1ccc(CN=C2NC(C)(c3cc(/C=C(\F)c4ccc(C#N)cn4)ccc3F)C3C(F)(F)C3(C(=O)O)S2)cc1. The molecule has 1 aliphatic carbocycles. The van der Waals surface area contributed by atoms with Gasteiger partial charge >= 0.3 is 5.97 Å². The lowest BCUT2D eigenvalue weighted by atomic mass is 9.84. The summed E-state index contributed by atoms with van der Waals surface area (Å²) in [6.07, 6.45) is 2.24. The fraction of sp³-hybridized carbons (Fsp3) is 0.241. The Morgan fingerprint density at radius 1 is 1.24 bits per heavy atom. The van der Waals surface area contributed by atoms with Crippen LogP contribution in [-0.4, -0.2) is 39.0 Å². The van der Waals surface area contributed by atoms with Gasteiger partial charge in [0.25, 0.3) is 5.92 Å². The minimum absolute atomic E-state index is 0.0371. The molecule has 41 heavy (non-hydrogen) atoms. The topological polar surface area (TPSA) is 108 Å². The van der Waals surface area contributed by atoms with E-state index in [4.69, 9.17) is 10.00 Å². The van der Waals surface area contributed by atoms with Crippen LogP contribution in [0.5, 0.6) is 5.75 Å². The van der Waals surface area contributed by atoms with Gasteiger partial charge in [0.1, 0.15) is 23.5 Å². The number of thioether (sulfide) groups is 1. The van der Waals surface area contributed by atoms with Crippen molar-refractivity contribution >= 4 is 34.8 Å². The highest BCUT2D eigenvalue weighted by Crippen LogP contribution is 2.74. The second-order valence-electron chi connectivity index (χ2n) is 9.77. The third-order valence-electron chi connectivity index (χ3n) is 7.25. The molecule has 2 N–H and O–H groups in total. The number of carboxylic acid groups (broad SMARTS) is 1. The molecule has 2 aliphatic rings. The van der Waals surface area contributed by atoms with Crippen molar-refractivity contribution < 1.29 is 32.2 Å². The second-order valence-corrected chi connectivity index (χ2v) is 11.0. The number of carboxylic acids is 1. The Morgan fingerprint density at radius 2 is 1.98 bits per heavy atom. The summed E-state index contributed by atoms with van der Waals surface area (Å²) in [5.74, 6) is -8.35. The van der Waals surface area contributed by atoms with Gasteiger partial charge in [0, 0.05) is 11.8 Å². The van der Waals surface area contributed by atoms with Gasteiger partial charge in [-0.15, -0.1) is 0 Å². The molecule has 2 fully saturated rings. The number of alkyl halides is 2. The Morgan fingerprint density at radius 3 is 2.59 bits per heavy atom. The molecule has 3 atom stereocenters. The molecule has 0 spiro atoms. The van der Waals surface area contributed by atoms with E-state index in [2.05, 4.69) is 15.3 Å². The number of carbonyl (C=O) groups is 1. The molecule has 2 heterocycles. The third kappa shape index (κ3) is 4.70. The van der Waals surface area contributed by atoms with E-state index in [9.17, 15) is 14.3 Å². The minimum Gasteiger partial charge on any atom is -0.497 e. The molecule has 3 unspecified atom stereocenters. The molecule has 0 radical (unpaired) electrons. The third-order valence-corrected chi connectivity index (χ3v) is 8.67. The lowest BCUT2D eigenvalue weighted by molar-refractivity contribution is -0.139. The molecule has 7 nitrogen and oxygen atoms in total. The molecule has 0 bridgehead atoms. The highest BCUT2D eigenvalue weighted by atomic mass is 32.2. The fourth-order valence-corrected chi connectivity index (χ4v) is 6.58. The van der Waals surface area contributed by atoms with E-state index in [0.717, 1.165) is 12.1 Å². The normalized spacial score (nSPS) is 25.5. The molecule has 1 aromatic heterocycles. The van der Waals surface area contributed by atoms with Crippen LogP contribution in [0.3, 0.4) is 0 Å². The van der Waals surface area contributed by atoms with Gasteiger partial charge in [-0.25, -0.2) is 17.6 Å². The van der Waals surface area contributed by atoms with Gasteiger partial charge in [0.15, 0.2) is 9.91 Å². The van der Waals surface area contributed by atoms with E-state index in [1.807, 2.05) is 6.07 Å². The Hall–Kier alpha value is -4.37. The quantitative estimate of drug-likeness (QED) is 0.341. The van der Waals surface area contributed by atoms with Crippen molar-refractivity contribution in [1.29, 1.82) is 5.26 Å². The number of methoxy groups -OCH3 is 1. The molecule has 0 amide bonds. The summed E-state index contributed by atoms with van der Waals surface area (Å²) in [5.41, 5.74) is -1.19. The summed E-state index contributed by atoms with van der Waals surface area (Å²) in [4.78, 5) is 20.5. The first kappa shape index (κ1) is 28.2. The average Bonchev–Trinajstić information content (AvgIpc) is 3.50. The fourth-order valence-electron chi connectivity index (χ4n) is 5.10. The van der Waals surface area contributed by atoms with Crippen molar-refractivity contribution in [2.75, 3.05) is 7.11 Å². The second kappa shape index (κ2) is 10.2. The van der Waals surface area contributed by atoms with Gasteiger partial charge in [0.2, 0.25) is 0 Å². The standard InChI is InChI=1S/C29H22F4N4O3S/c1-27(20-11-17(5-9-21(20)30)12-22(31)23-10-6-18(13-34)15-35-23)24-28(25(38)39,29(24,32)33)41-26(37-27)36-14-16-3-7-19(40-2)8-4-16/h3-12,15,24H,14H2,1-2H3,(H,36,37)(H,38,39)/b22-12-. The molecular formula is C29H22F4N4O3S. The Bertz CT molecular complexity index is 1620. The van der Waals surface area contributed by atoms with Crippen molar-refractivity contribution in [3.63, 3.8) is 0 Å². The smallest absolute Gasteiger partial charge is 0.327 e. The number of rotatable bonds is 7. The first-order valence-electron chi connectivity index (χ1n) is 12.3. The van der Waals surface area contributed by atoms with E-state index in [1.165, 1.54) is 44.5 Å². The Kier molecular flexibility index (Phi) is 7.03. The zero-order chi connectivity index (χ0) is 29.6.